The summed E-state index contributed by atoms with van der Waals surface area (Å²) in [5.74, 6) is -0.138. The van der Waals surface area contributed by atoms with Crippen LogP contribution in [0.4, 0.5) is 18.9 Å². The molecule has 0 aliphatic rings. The summed E-state index contributed by atoms with van der Waals surface area (Å²) in [7, 11) is 0. The van der Waals surface area contributed by atoms with E-state index in [1.165, 1.54) is 56.2 Å². The van der Waals surface area contributed by atoms with Gasteiger partial charge in [0, 0.05) is 22.4 Å². The lowest BCUT2D eigenvalue weighted by molar-refractivity contribution is -0.137. The molecule has 0 aliphatic heterocycles. The number of alkyl halides is 3. The molecule has 0 saturated heterocycles. The van der Waals surface area contributed by atoms with E-state index in [1.54, 1.807) is 0 Å². The maximum atomic E-state index is 12.8. The van der Waals surface area contributed by atoms with Crippen LogP contribution in [0.1, 0.15) is 85.0 Å². The lowest BCUT2D eigenvalue weighted by Gasteiger charge is -2.13. The molecule has 0 saturated carbocycles. The molecule has 3 nitrogen and oxygen atoms in total. The molecule has 3 aromatic rings. The van der Waals surface area contributed by atoms with E-state index >= 15 is 0 Å². The first kappa shape index (κ1) is 29.4. The summed E-state index contributed by atoms with van der Waals surface area (Å²) in [5.41, 5.74) is 3.89. The van der Waals surface area contributed by atoms with Crippen molar-refractivity contribution in [3.05, 3.63) is 101 Å². The van der Waals surface area contributed by atoms with Crippen molar-refractivity contribution in [2.75, 3.05) is 11.9 Å². The number of anilines is 1. The van der Waals surface area contributed by atoms with Crippen molar-refractivity contribution in [1.29, 1.82) is 0 Å². The zero-order chi connectivity index (χ0) is 27.4. The molecular weight excluding hydrogens is 485 g/mol. The van der Waals surface area contributed by atoms with Crippen LogP contribution in [0.5, 0.6) is 0 Å². The Bertz CT molecular complexity index is 1110. The predicted molar refractivity (Wildman–Crippen MR) is 149 cm³/mol. The van der Waals surface area contributed by atoms with Crippen molar-refractivity contribution >= 4 is 11.6 Å². The van der Waals surface area contributed by atoms with E-state index < -0.39 is 11.7 Å². The van der Waals surface area contributed by atoms with Crippen LogP contribution >= 0.6 is 0 Å². The third-order valence-corrected chi connectivity index (χ3v) is 6.79. The van der Waals surface area contributed by atoms with E-state index in [-0.39, 0.29) is 5.91 Å². The smallest absolute Gasteiger partial charge is 0.322 e. The van der Waals surface area contributed by atoms with Gasteiger partial charge in [-0.1, -0.05) is 75.4 Å². The highest BCUT2D eigenvalue weighted by atomic mass is 19.4. The van der Waals surface area contributed by atoms with E-state index in [1.807, 2.05) is 55.5 Å². The summed E-state index contributed by atoms with van der Waals surface area (Å²) in [6, 6.07) is 20.9. The monoisotopic (exact) mass is 524 g/mol. The molecule has 0 heterocycles. The van der Waals surface area contributed by atoms with E-state index in [0.717, 1.165) is 41.9 Å². The summed E-state index contributed by atoms with van der Waals surface area (Å²) in [6.45, 7) is 6.23. The number of benzene rings is 3. The van der Waals surface area contributed by atoms with Gasteiger partial charge in [0.2, 0.25) is 0 Å². The minimum atomic E-state index is -4.32. The molecule has 0 spiro atoms. The number of hydrogen-bond acceptors (Lipinski definition) is 2. The van der Waals surface area contributed by atoms with Crippen molar-refractivity contribution in [2.24, 2.45) is 0 Å². The molecule has 0 atom stereocenters. The van der Waals surface area contributed by atoms with Crippen molar-refractivity contribution in [2.45, 2.75) is 78.1 Å². The fourth-order valence-corrected chi connectivity index (χ4v) is 4.42. The lowest BCUT2D eigenvalue weighted by atomic mass is 10.0. The number of nitrogens with one attached hydrogen (secondary N) is 1. The van der Waals surface area contributed by atoms with Crippen LogP contribution < -0.4 is 10.2 Å². The van der Waals surface area contributed by atoms with Crippen LogP contribution in [0, 0.1) is 0 Å². The zero-order valence-corrected chi connectivity index (χ0v) is 22.5. The van der Waals surface area contributed by atoms with Gasteiger partial charge in [0.1, 0.15) is 19.6 Å². The Balaban J connectivity index is 1.47. The van der Waals surface area contributed by atoms with Crippen molar-refractivity contribution in [3.63, 3.8) is 0 Å². The number of halogens is 3. The Kier molecular flexibility index (Phi) is 11.4. The van der Waals surface area contributed by atoms with E-state index in [9.17, 15) is 18.0 Å². The van der Waals surface area contributed by atoms with E-state index in [4.69, 9.17) is 0 Å². The Labute approximate surface area is 225 Å². The molecule has 1 N–H and O–H groups in total. The van der Waals surface area contributed by atoms with E-state index in [0.29, 0.717) is 18.7 Å². The standard InChI is InChI=1S/C32H39F3N2O/c1-3-5-6-7-8-9-10-25-11-17-28(18-12-25)31(38)36-30-21-15-27(16-22-30)24-37(4-2)23-26-13-19-29(20-14-26)32(33,34)35/h11-22H,3-10,23-24H2,1-2H3,(H,36,38)/q+1. The second-order valence-corrected chi connectivity index (χ2v) is 9.86. The van der Waals surface area contributed by atoms with Crippen LogP contribution in [0.2, 0.25) is 0 Å². The van der Waals surface area contributed by atoms with Gasteiger partial charge in [-0.2, -0.15) is 18.1 Å². The number of nitrogens with zero attached hydrogens (tertiary/aromatic N) is 1. The molecular formula is C32H39F3N2O+. The van der Waals surface area contributed by atoms with Gasteiger partial charge in [-0.05, 0) is 61.7 Å². The van der Waals surface area contributed by atoms with Crippen LogP contribution in [0.25, 0.3) is 0 Å². The number of amides is 1. The molecule has 38 heavy (non-hydrogen) atoms. The maximum absolute atomic E-state index is 12.8. The predicted octanol–water partition coefficient (Wildman–Crippen LogP) is 8.72. The average Bonchev–Trinajstić information content (AvgIpc) is 2.91. The highest BCUT2D eigenvalue weighted by molar-refractivity contribution is 6.04. The van der Waals surface area contributed by atoms with Crippen molar-refractivity contribution in [1.82, 2.24) is 4.90 Å². The van der Waals surface area contributed by atoms with Crippen LogP contribution in [0.15, 0.2) is 72.8 Å². The minimum absolute atomic E-state index is 0.138. The molecule has 0 aliphatic carbocycles. The molecule has 0 unspecified atom stereocenters. The zero-order valence-electron chi connectivity index (χ0n) is 22.5. The summed E-state index contributed by atoms with van der Waals surface area (Å²) in [4.78, 5) is 14.9. The first-order chi connectivity index (χ1) is 18.3. The van der Waals surface area contributed by atoms with Gasteiger partial charge in [0.15, 0.2) is 0 Å². The molecule has 203 valence electrons. The first-order valence-corrected chi connectivity index (χ1v) is 13.7. The van der Waals surface area contributed by atoms with Gasteiger partial charge in [0.05, 0.1) is 5.56 Å². The average molecular weight is 525 g/mol. The SMILES string of the molecule is CCCCCCCCc1ccc(C(=O)Nc2ccc(C[N+](CC)Cc3ccc(C(F)(F)F)cc3)cc2)cc1. The molecule has 6 heteroatoms. The maximum Gasteiger partial charge on any atom is 0.416 e. The van der Waals surface area contributed by atoms with Gasteiger partial charge < -0.3 is 5.32 Å². The summed E-state index contributed by atoms with van der Waals surface area (Å²) in [5, 5.41) is 2.96. The second kappa shape index (κ2) is 14.7. The molecule has 1 amide bonds. The van der Waals surface area contributed by atoms with Crippen molar-refractivity contribution < 1.29 is 18.0 Å². The molecule has 3 aromatic carbocycles. The fraction of sp³-hybridized carbons (Fsp3) is 0.406. The summed E-state index contributed by atoms with van der Waals surface area (Å²) in [6.07, 6.45) is 4.35. The third-order valence-electron chi connectivity index (χ3n) is 6.79. The third kappa shape index (κ3) is 9.64. The van der Waals surface area contributed by atoms with Crippen LogP contribution in [0.3, 0.4) is 0 Å². The Morgan fingerprint density at radius 3 is 1.79 bits per heavy atom. The van der Waals surface area contributed by atoms with Gasteiger partial charge >= 0.3 is 6.18 Å². The highest BCUT2D eigenvalue weighted by Crippen LogP contribution is 2.29. The van der Waals surface area contributed by atoms with E-state index in [2.05, 4.69) is 17.1 Å². The number of hydrogen-bond donors (Lipinski definition) is 1. The lowest BCUT2D eigenvalue weighted by Crippen LogP contribution is -2.28. The Morgan fingerprint density at radius 1 is 0.711 bits per heavy atom. The fourth-order valence-electron chi connectivity index (χ4n) is 4.42. The van der Waals surface area contributed by atoms with Crippen LogP contribution in [-0.2, 0) is 25.7 Å². The quantitative estimate of drug-likeness (QED) is 0.166. The molecule has 1 radical (unpaired) electrons. The number of unbranched alkanes of at least 4 members (excludes halogenated alkanes) is 5. The van der Waals surface area contributed by atoms with Gasteiger partial charge in [-0.3, -0.25) is 4.79 Å². The second-order valence-electron chi connectivity index (χ2n) is 9.86. The number of carbonyl (C=O) groups is 1. The van der Waals surface area contributed by atoms with Gasteiger partial charge in [-0.15, -0.1) is 0 Å². The molecule has 0 aromatic heterocycles. The topological polar surface area (TPSA) is 35.0 Å². The molecule has 0 bridgehead atoms. The molecule has 0 fully saturated rings. The highest BCUT2D eigenvalue weighted by Gasteiger charge is 2.30. The Hall–Kier alpha value is -3.12. The largest absolute Gasteiger partial charge is 0.416 e. The van der Waals surface area contributed by atoms with Gasteiger partial charge in [0.25, 0.3) is 5.91 Å². The Morgan fingerprint density at radius 2 is 1.24 bits per heavy atom. The first-order valence-electron chi connectivity index (χ1n) is 13.7. The van der Waals surface area contributed by atoms with Crippen molar-refractivity contribution in [3.8, 4) is 0 Å². The normalized spacial score (nSPS) is 11.6. The number of aryl methyl sites for hydroxylation is 1. The summed E-state index contributed by atoms with van der Waals surface area (Å²) >= 11 is 0. The number of rotatable bonds is 14. The molecule has 3 rings (SSSR count). The summed E-state index contributed by atoms with van der Waals surface area (Å²) < 4.78 is 38.4. The minimum Gasteiger partial charge on any atom is -0.322 e. The van der Waals surface area contributed by atoms with Gasteiger partial charge in [-0.25, -0.2) is 0 Å². The van der Waals surface area contributed by atoms with Crippen LogP contribution in [-0.4, -0.2) is 12.5 Å². The number of carbonyl (C=O) groups excluding carboxylic acids is 1.